The minimum Gasteiger partial charge on any atom is -0.368 e. The Balaban J connectivity index is 1.47. The Morgan fingerprint density at radius 2 is 1.90 bits per heavy atom. The van der Waals surface area contributed by atoms with Crippen molar-refractivity contribution in [2.75, 3.05) is 31.9 Å². The molecule has 8 heteroatoms. The molecule has 164 valence electrons. The van der Waals surface area contributed by atoms with Crippen molar-refractivity contribution >= 4 is 17.8 Å². The number of anilines is 1. The number of pyridine rings is 1. The molecule has 0 saturated carbocycles. The minimum atomic E-state index is 0.0414. The first-order valence-corrected chi connectivity index (χ1v) is 11.1. The largest absolute Gasteiger partial charge is 0.368 e. The molecule has 0 bridgehead atoms. The first-order valence-electron chi connectivity index (χ1n) is 11.1. The van der Waals surface area contributed by atoms with E-state index in [1.807, 2.05) is 17.9 Å². The molecule has 2 aromatic heterocycles. The Bertz CT molecular complexity index is 946. The van der Waals surface area contributed by atoms with Crippen LogP contribution in [0.25, 0.3) is 11.1 Å². The smallest absolute Gasteiger partial charge is 0.242 e. The minimum absolute atomic E-state index is 0.0414. The number of aromatic nitrogens is 3. The number of hydrogen-bond donors (Lipinski definition) is 1. The van der Waals surface area contributed by atoms with E-state index in [0.29, 0.717) is 19.5 Å². The highest BCUT2D eigenvalue weighted by Gasteiger charge is 2.28. The van der Waals surface area contributed by atoms with Crippen LogP contribution < -0.4 is 5.73 Å². The van der Waals surface area contributed by atoms with Crippen LogP contribution in [0.1, 0.15) is 55.8 Å². The van der Waals surface area contributed by atoms with Crippen LogP contribution in [0.3, 0.4) is 0 Å². The second-order valence-corrected chi connectivity index (χ2v) is 8.56. The van der Waals surface area contributed by atoms with Crippen molar-refractivity contribution in [2.45, 2.75) is 51.4 Å². The summed E-state index contributed by atoms with van der Waals surface area (Å²) in [7, 11) is 0. The quantitative estimate of drug-likeness (QED) is 0.812. The first kappa shape index (κ1) is 21.2. The summed E-state index contributed by atoms with van der Waals surface area (Å²) in [5, 5.41) is 0. The van der Waals surface area contributed by atoms with Gasteiger partial charge in [0.2, 0.25) is 17.8 Å². The van der Waals surface area contributed by atoms with E-state index in [9.17, 15) is 9.59 Å². The van der Waals surface area contributed by atoms with Crippen molar-refractivity contribution in [3.8, 4) is 11.1 Å². The fraction of sp³-hybridized carbons (Fsp3) is 0.522. The second-order valence-electron chi connectivity index (χ2n) is 8.56. The van der Waals surface area contributed by atoms with Gasteiger partial charge in [0.1, 0.15) is 0 Å². The van der Waals surface area contributed by atoms with Crippen molar-refractivity contribution in [3.63, 3.8) is 0 Å². The summed E-state index contributed by atoms with van der Waals surface area (Å²) >= 11 is 0. The molecule has 1 atom stereocenters. The lowest BCUT2D eigenvalue weighted by molar-refractivity contribution is -0.140. The summed E-state index contributed by atoms with van der Waals surface area (Å²) in [6, 6.07) is 4.08. The van der Waals surface area contributed by atoms with Gasteiger partial charge in [-0.05, 0) is 50.3 Å². The molecule has 2 fully saturated rings. The molecule has 2 aliphatic heterocycles. The fourth-order valence-electron chi connectivity index (χ4n) is 4.47. The third kappa shape index (κ3) is 5.18. The Labute approximate surface area is 182 Å². The van der Waals surface area contributed by atoms with Crippen LogP contribution in [0, 0.1) is 6.92 Å². The summed E-state index contributed by atoms with van der Waals surface area (Å²) < 4.78 is 0. The molecular formula is C23H30N6O2. The van der Waals surface area contributed by atoms with E-state index in [-0.39, 0.29) is 30.2 Å². The number of nitrogens with two attached hydrogens (primary N) is 1. The molecule has 0 aromatic carbocycles. The van der Waals surface area contributed by atoms with Crippen LogP contribution in [0.2, 0.25) is 0 Å². The molecule has 31 heavy (non-hydrogen) atoms. The molecule has 4 rings (SSSR count). The van der Waals surface area contributed by atoms with Crippen LogP contribution in [-0.4, -0.2) is 62.7 Å². The number of nitrogens with zero attached hydrogens (tertiary/aromatic N) is 5. The lowest BCUT2D eigenvalue weighted by atomic mass is 9.92. The van der Waals surface area contributed by atoms with Crippen LogP contribution in [-0.2, 0) is 9.59 Å². The second kappa shape index (κ2) is 9.41. The molecule has 1 unspecified atom stereocenters. The van der Waals surface area contributed by atoms with Crippen molar-refractivity contribution in [3.05, 3.63) is 35.9 Å². The molecule has 0 aliphatic carbocycles. The number of nitrogen functional groups attached to an aromatic ring is 1. The topological polar surface area (TPSA) is 105 Å². The maximum Gasteiger partial charge on any atom is 0.242 e. The highest BCUT2D eigenvalue weighted by atomic mass is 16.2. The molecule has 2 N–H and O–H groups in total. The van der Waals surface area contributed by atoms with Gasteiger partial charge in [0, 0.05) is 61.3 Å². The van der Waals surface area contributed by atoms with Crippen LogP contribution in [0.15, 0.2) is 24.5 Å². The van der Waals surface area contributed by atoms with Gasteiger partial charge in [0.15, 0.2) is 0 Å². The van der Waals surface area contributed by atoms with E-state index in [1.54, 1.807) is 17.3 Å². The summed E-state index contributed by atoms with van der Waals surface area (Å²) in [6.45, 7) is 4.23. The summed E-state index contributed by atoms with van der Waals surface area (Å²) in [4.78, 5) is 41.8. The number of hydrogen-bond acceptors (Lipinski definition) is 6. The molecule has 2 aromatic rings. The SMILES string of the molecule is Cc1cc(-c2cnc(N)nc2)cc(C2CCCN(C(=O)CN3CCCCCC3=O)C2)n1. The Morgan fingerprint density at radius 3 is 2.71 bits per heavy atom. The number of likely N-dealkylation sites (tertiary alicyclic amines) is 2. The van der Waals surface area contributed by atoms with Gasteiger partial charge in [-0.2, -0.15) is 0 Å². The van der Waals surface area contributed by atoms with E-state index < -0.39 is 0 Å². The Hall–Kier alpha value is -3.03. The van der Waals surface area contributed by atoms with Gasteiger partial charge in [0.25, 0.3) is 0 Å². The predicted octanol–water partition coefficient (Wildman–Crippen LogP) is 2.54. The highest BCUT2D eigenvalue weighted by molar-refractivity contribution is 5.85. The van der Waals surface area contributed by atoms with Gasteiger partial charge < -0.3 is 15.5 Å². The van der Waals surface area contributed by atoms with Crippen LogP contribution >= 0.6 is 0 Å². The molecule has 2 aliphatic rings. The van der Waals surface area contributed by atoms with Crippen molar-refractivity contribution in [1.82, 2.24) is 24.8 Å². The summed E-state index contributed by atoms with van der Waals surface area (Å²) in [5.74, 6) is 0.569. The lowest BCUT2D eigenvalue weighted by Gasteiger charge is -2.34. The van der Waals surface area contributed by atoms with Crippen molar-refractivity contribution < 1.29 is 9.59 Å². The Morgan fingerprint density at radius 1 is 1.10 bits per heavy atom. The molecule has 4 heterocycles. The fourth-order valence-corrected chi connectivity index (χ4v) is 4.47. The van der Waals surface area contributed by atoms with E-state index in [4.69, 9.17) is 10.7 Å². The molecule has 2 amide bonds. The number of carbonyl (C=O) groups is 2. The van der Waals surface area contributed by atoms with E-state index in [2.05, 4.69) is 16.0 Å². The molecule has 8 nitrogen and oxygen atoms in total. The van der Waals surface area contributed by atoms with Gasteiger partial charge in [-0.1, -0.05) is 6.42 Å². The average Bonchev–Trinajstić information content (AvgIpc) is 2.98. The number of carbonyl (C=O) groups excluding carboxylic acids is 2. The molecule has 0 spiro atoms. The molecular weight excluding hydrogens is 392 g/mol. The molecule has 0 radical (unpaired) electrons. The molecule has 2 saturated heterocycles. The first-order chi connectivity index (χ1) is 15.0. The maximum absolute atomic E-state index is 13.0. The van der Waals surface area contributed by atoms with Crippen molar-refractivity contribution in [1.29, 1.82) is 0 Å². The van der Waals surface area contributed by atoms with Gasteiger partial charge in [-0.25, -0.2) is 9.97 Å². The lowest BCUT2D eigenvalue weighted by Crippen LogP contribution is -2.46. The highest BCUT2D eigenvalue weighted by Crippen LogP contribution is 2.29. The van der Waals surface area contributed by atoms with Gasteiger partial charge >= 0.3 is 0 Å². The third-order valence-corrected chi connectivity index (χ3v) is 6.17. The standard InChI is InChI=1S/C23H30N6O2/c1-16-10-18(19-12-25-23(24)26-13-19)11-20(27-16)17-6-5-9-28(14-17)22(31)15-29-8-4-2-3-7-21(29)30/h10-13,17H,2-9,14-15H2,1H3,(H2,24,25,26). The predicted molar refractivity (Wildman–Crippen MR) is 118 cm³/mol. The Kier molecular flexibility index (Phi) is 6.44. The van der Waals surface area contributed by atoms with Crippen LogP contribution in [0.5, 0.6) is 0 Å². The monoisotopic (exact) mass is 422 g/mol. The maximum atomic E-state index is 13.0. The van der Waals surface area contributed by atoms with E-state index in [0.717, 1.165) is 61.2 Å². The van der Waals surface area contributed by atoms with Gasteiger partial charge in [-0.3, -0.25) is 14.6 Å². The van der Waals surface area contributed by atoms with E-state index in [1.165, 1.54) is 0 Å². The van der Waals surface area contributed by atoms with Crippen LogP contribution in [0.4, 0.5) is 5.95 Å². The average molecular weight is 423 g/mol. The normalized spacial score (nSPS) is 19.9. The third-order valence-electron chi connectivity index (χ3n) is 6.17. The number of aryl methyl sites for hydroxylation is 1. The number of piperidine rings is 1. The van der Waals surface area contributed by atoms with E-state index >= 15 is 0 Å². The number of amides is 2. The summed E-state index contributed by atoms with van der Waals surface area (Å²) in [5.41, 5.74) is 9.41. The number of rotatable bonds is 4. The van der Waals surface area contributed by atoms with Gasteiger partial charge in [-0.15, -0.1) is 0 Å². The zero-order chi connectivity index (χ0) is 21.8. The van der Waals surface area contributed by atoms with Crippen molar-refractivity contribution in [2.24, 2.45) is 0 Å². The zero-order valence-corrected chi connectivity index (χ0v) is 18.1. The zero-order valence-electron chi connectivity index (χ0n) is 18.1. The summed E-state index contributed by atoms with van der Waals surface area (Å²) in [6.07, 6.45) is 8.87. The van der Waals surface area contributed by atoms with Gasteiger partial charge in [0.05, 0.1) is 6.54 Å².